The molecule has 0 unspecified atom stereocenters. The number of nitrogens with one attached hydrogen (secondary N) is 1. The lowest BCUT2D eigenvalue weighted by atomic mass is 10.1. The molecule has 0 radical (unpaired) electrons. The smallest absolute Gasteiger partial charge is 0.344 e. The van der Waals surface area contributed by atoms with E-state index in [0.29, 0.717) is 5.69 Å². The van der Waals surface area contributed by atoms with Crippen molar-refractivity contribution in [3.63, 3.8) is 0 Å². The van der Waals surface area contributed by atoms with Crippen molar-refractivity contribution in [3.8, 4) is 5.69 Å². The van der Waals surface area contributed by atoms with Crippen LogP contribution in [-0.2, 0) is 6.54 Å². The van der Waals surface area contributed by atoms with Crippen LogP contribution in [0.1, 0.15) is 40.1 Å². The summed E-state index contributed by atoms with van der Waals surface area (Å²) in [6.45, 7) is 3.79. The van der Waals surface area contributed by atoms with E-state index in [1.807, 2.05) is 86.6 Å². The van der Waals surface area contributed by atoms with Gasteiger partial charge in [0.05, 0.1) is 18.3 Å². The van der Waals surface area contributed by atoms with Gasteiger partial charge in [-0.25, -0.2) is 4.79 Å². The van der Waals surface area contributed by atoms with Crippen LogP contribution in [0.4, 0.5) is 0 Å². The lowest BCUT2D eigenvalue weighted by Gasteiger charge is -2.16. The van der Waals surface area contributed by atoms with E-state index in [2.05, 4.69) is 10.4 Å². The van der Waals surface area contributed by atoms with Crippen LogP contribution in [0.15, 0.2) is 94.5 Å². The number of aromatic nitrogens is 3. The fourth-order valence-corrected chi connectivity index (χ4v) is 3.51. The molecule has 4 rings (SSSR count). The van der Waals surface area contributed by atoms with Crippen molar-refractivity contribution in [2.24, 2.45) is 0 Å². The number of benzene rings is 3. The Bertz CT molecular complexity index is 1380. The first kappa shape index (κ1) is 22.0. The van der Waals surface area contributed by atoms with Gasteiger partial charge >= 0.3 is 5.69 Å². The third-order valence-corrected chi connectivity index (χ3v) is 5.38. The summed E-state index contributed by atoms with van der Waals surface area (Å²) in [5, 5.41) is 7.00. The van der Waals surface area contributed by atoms with Crippen LogP contribution in [0.3, 0.4) is 0 Å². The summed E-state index contributed by atoms with van der Waals surface area (Å²) in [6, 6.07) is 25.4. The van der Waals surface area contributed by atoms with E-state index in [0.717, 1.165) is 25.9 Å². The first-order chi connectivity index (χ1) is 15.9. The van der Waals surface area contributed by atoms with Gasteiger partial charge in [0, 0.05) is 0 Å². The average molecular weight is 441 g/mol. The first-order valence-electron chi connectivity index (χ1n) is 10.6. The molecule has 7 heteroatoms. The highest BCUT2D eigenvalue weighted by molar-refractivity contribution is 5.92. The Kier molecular flexibility index (Phi) is 6.31. The van der Waals surface area contributed by atoms with Crippen LogP contribution < -0.4 is 16.6 Å². The van der Waals surface area contributed by atoms with E-state index in [-0.39, 0.29) is 18.3 Å². The van der Waals surface area contributed by atoms with Crippen LogP contribution in [-0.4, -0.2) is 20.3 Å². The molecule has 1 N–H and O–H groups in total. The highest BCUT2D eigenvalue weighted by atomic mass is 16.2. The first-order valence-corrected chi connectivity index (χ1v) is 10.6. The molecule has 7 nitrogen and oxygen atoms in total. The number of carbonyl (C=O) groups excluding carboxylic acids is 1. The summed E-state index contributed by atoms with van der Waals surface area (Å²) in [7, 11) is 0. The maximum absolute atomic E-state index is 13.2. The Balaban J connectivity index is 1.80. The van der Waals surface area contributed by atoms with Crippen molar-refractivity contribution in [2.45, 2.75) is 26.4 Å². The van der Waals surface area contributed by atoms with E-state index in [9.17, 15) is 14.4 Å². The zero-order valence-electron chi connectivity index (χ0n) is 18.4. The molecule has 0 spiro atoms. The van der Waals surface area contributed by atoms with Crippen molar-refractivity contribution >= 4 is 5.91 Å². The van der Waals surface area contributed by atoms with Gasteiger partial charge in [-0.1, -0.05) is 78.4 Å². The quantitative estimate of drug-likeness (QED) is 0.499. The Morgan fingerprint density at radius 2 is 1.52 bits per heavy atom. The number of aryl methyl sites for hydroxylation is 1. The molecule has 4 aromatic rings. The summed E-state index contributed by atoms with van der Waals surface area (Å²) in [5.41, 5.74) is 1.46. The van der Waals surface area contributed by atoms with E-state index < -0.39 is 17.2 Å². The second-order valence-electron chi connectivity index (χ2n) is 7.86. The fourth-order valence-electron chi connectivity index (χ4n) is 3.51. The molecule has 3 aromatic carbocycles. The second-order valence-corrected chi connectivity index (χ2v) is 7.86. The molecule has 1 amide bonds. The van der Waals surface area contributed by atoms with Gasteiger partial charge in [0.15, 0.2) is 0 Å². The monoisotopic (exact) mass is 440 g/mol. The maximum Gasteiger partial charge on any atom is 0.352 e. The van der Waals surface area contributed by atoms with Gasteiger partial charge in [0.1, 0.15) is 0 Å². The Labute approximate surface area is 191 Å². The van der Waals surface area contributed by atoms with Crippen LogP contribution in [0, 0.1) is 6.92 Å². The largest absolute Gasteiger partial charge is 0.352 e. The number of nitrogens with zero attached hydrogens (tertiary/aromatic N) is 3. The number of rotatable bonds is 6. The van der Waals surface area contributed by atoms with Gasteiger partial charge in [-0.3, -0.25) is 14.2 Å². The summed E-state index contributed by atoms with van der Waals surface area (Å²) in [5.74, 6) is -0.640. The standard InChI is InChI=1S/C26H24N4O3/c1-18-13-15-22(16-14-18)30-26(33)29(17-20-9-5-3-6-10-20)25(32)23(28-30)24(31)27-19(2)21-11-7-4-8-12-21/h3-16,19H,17H2,1-2H3,(H,27,31)/t19-/m1/s1. The van der Waals surface area contributed by atoms with Crippen molar-refractivity contribution in [2.75, 3.05) is 0 Å². The third-order valence-electron chi connectivity index (χ3n) is 5.38. The normalized spacial score (nSPS) is 11.7. The summed E-state index contributed by atoms with van der Waals surface area (Å²) in [4.78, 5) is 39.5. The molecule has 0 aliphatic heterocycles. The van der Waals surface area contributed by atoms with Gasteiger partial charge < -0.3 is 5.32 Å². The summed E-state index contributed by atoms with van der Waals surface area (Å²) < 4.78 is 2.15. The number of hydrogen-bond donors (Lipinski definition) is 1. The molecule has 0 fully saturated rings. The van der Waals surface area contributed by atoms with E-state index in [4.69, 9.17) is 0 Å². The van der Waals surface area contributed by atoms with Gasteiger partial charge in [-0.2, -0.15) is 9.78 Å². The predicted molar refractivity (Wildman–Crippen MR) is 127 cm³/mol. The lowest BCUT2D eigenvalue weighted by Crippen LogP contribution is -2.46. The minimum Gasteiger partial charge on any atom is -0.344 e. The Morgan fingerprint density at radius 3 is 2.15 bits per heavy atom. The predicted octanol–water partition coefficient (Wildman–Crippen LogP) is 3.24. The van der Waals surface area contributed by atoms with Crippen molar-refractivity contribution in [3.05, 3.63) is 128 Å². The lowest BCUT2D eigenvalue weighted by molar-refractivity contribution is 0.0930. The Morgan fingerprint density at radius 1 is 0.909 bits per heavy atom. The van der Waals surface area contributed by atoms with E-state index in [1.54, 1.807) is 12.1 Å². The molecule has 166 valence electrons. The van der Waals surface area contributed by atoms with Crippen molar-refractivity contribution < 1.29 is 4.79 Å². The van der Waals surface area contributed by atoms with Gasteiger partial charge in [0.2, 0.25) is 5.69 Å². The van der Waals surface area contributed by atoms with Gasteiger partial charge in [0.25, 0.3) is 11.5 Å². The SMILES string of the molecule is Cc1ccc(-n2nc(C(=O)N[C@H](C)c3ccccc3)c(=O)n(Cc3ccccc3)c2=O)cc1. The highest BCUT2D eigenvalue weighted by Crippen LogP contribution is 2.12. The molecule has 1 heterocycles. The molecule has 0 bridgehead atoms. The summed E-state index contributed by atoms with van der Waals surface area (Å²) in [6.07, 6.45) is 0. The van der Waals surface area contributed by atoms with E-state index >= 15 is 0 Å². The number of hydrogen-bond acceptors (Lipinski definition) is 4. The zero-order valence-corrected chi connectivity index (χ0v) is 18.4. The van der Waals surface area contributed by atoms with Crippen LogP contribution >= 0.6 is 0 Å². The minimum absolute atomic E-state index is 0.0292. The molecule has 0 saturated carbocycles. The van der Waals surface area contributed by atoms with Crippen molar-refractivity contribution in [1.82, 2.24) is 19.7 Å². The third kappa shape index (κ3) is 4.82. The van der Waals surface area contributed by atoms with Crippen LogP contribution in [0.25, 0.3) is 5.69 Å². The van der Waals surface area contributed by atoms with Crippen molar-refractivity contribution in [1.29, 1.82) is 0 Å². The number of amides is 1. The van der Waals surface area contributed by atoms with Crippen LogP contribution in [0.5, 0.6) is 0 Å². The minimum atomic E-state index is -0.732. The highest BCUT2D eigenvalue weighted by Gasteiger charge is 2.22. The van der Waals surface area contributed by atoms with E-state index in [1.165, 1.54) is 0 Å². The fraction of sp³-hybridized carbons (Fsp3) is 0.154. The average Bonchev–Trinajstić information content (AvgIpc) is 2.83. The van der Waals surface area contributed by atoms with Crippen LogP contribution in [0.2, 0.25) is 0 Å². The molecule has 0 aliphatic rings. The molecule has 0 saturated heterocycles. The molecule has 1 atom stereocenters. The zero-order chi connectivity index (χ0) is 23.4. The molecule has 33 heavy (non-hydrogen) atoms. The second kappa shape index (κ2) is 9.48. The molecular formula is C26H24N4O3. The molecular weight excluding hydrogens is 416 g/mol. The molecule has 0 aliphatic carbocycles. The number of carbonyl (C=O) groups is 1. The topological polar surface area (TPSA) is 86.0 Å². The maximum atomic E-state index is 13.2. The summed E-state index contributed by atoms with van der Waals surface area (Å²) >= 11 is 0. The van der Waals surface area contributed by atoms with Gasteiger partial charge in [-0.05, 0) is 37.1 Å². The van der Waals surface area contributed by atoms with Gasteiger partial charge in [-0.15, -0.1) is 0 Å². The Hall–Kier alpha value is -4.26. The molecule has 1 aromatic heterocycles.